The zero-order valence-electron chi connectivity index (χ0n) is 10.1. The molecule has 5 heteroatoms. The van der Waals surface area contributed by atoms with Gasteiger partial charge >= 0.3 is 0 Å². The van der Waals surface area contributed by atoms with E-state index in [4.69, 9.17) is 16.3 Å². The summed E-state index contributed by atoms with van der Waals surface area (Å²) in [4.78, 5) is 18.0. The lowest BCUT2D eigenvalue weighted by molar-refractivity contribution is 0.0921. The van der Waals surface area contributed by atoms with Gasteiger partial charge in [-0.3, -0.25) is 9.78 Å². The van der Waals surface area contributed by atoms with Crippen molar-refractivity contribution < 1.29 is 9.53 Å². The standard InChI is InChI=1S/C13H12ClNO2S/c1-8-3-12(9(2)18-8)13(16)7-17-11-4-10(14)5-15-6-11/h3-6H,7H2,1-2H3. The second kappa shape index (κ2) is 5.50. The van der Waals surface area contributed by atoms with Gasteiger partial charge in [-0.05, 0) is 19.9 Å². The smallest absolute Gasteiger partial charge is 0.201 e. The minimum Gasteiger partial charge on any atom is -0.484 e. The fraction of sp³-hybridized carbons (Fsp3) is 0.231. The first-order valence-corrected chi connectivity index (χ1v) is 6.59. The molecule has 2 heterocycles. The Morgan fingerprint density at radius 1 is 1.39 bits per heavy atom. The van der Waals surface area contributed by atoms with E-state index in [0.29, 0.717) is 10.8 Å². The monoisotopic (exact) mass is 281 g/mol. The minimum absolute atomic E-state index is 0.000957. The third-order valence-corrected chi connectivity index (χ3v) is 3.56. The number of nitrogens with zero attached hydrogens (tertiary/aromatic N) is 1. The van der Waals surface area contributed by atoms with Gasteiger partial charge in [0.15, 0.2) is 6.61 Å². The molecular formula is C13H12ClNO2S. The molecule has 0 aromatic carbocycles. The van der Waals surface area contributed by atoms with Gasteiger partial charge in [0.25, 0.3) is 0 Å². The third-order valence-electron chi connectivity index (χ3n) is 2.39. The van der Waals surface area contributed by atoms with Gasteiger partial charge in [-0.1, -0.05) is 11.6 Å². The average Bonchev–Trinajstić information content (AvgIpc) is 2.66. The summed E-state index contributed by atoms with van der Waals surface area (Å²) in [6.07, 6.45) is 3.05. The van der Waals surface area contributed by atoms with Crippen LogP contribution in [0.5, 0.6) is 5.75 Å². The van der Waals surface area contributed by atoms with Crippen LogP contribution in [0.2, 0.25) is 5.02 Å². The van der Waals surface area contributed by atoms with E-state index in [0.717, 1.165) is 15.3 Å². The summed E-state index contributed by atoms with van der Waals surface area (Å²) in [6, 6.07) is 3.52. The summed E-state index contributed by atoms with van der Waals surface area (Å²) < 4.78 is 5.38. The van der Waals surface area contributed by atoms with E-state index in [-0.39, 0.29) is 12.4 Å². The number of ether oxygens (including phenoxy) is 1. The Labute approximate surface area is 114 Å². The Kier molecular flexibility index (Phi) is 3.99. The molecule has 0 fully saturated rings. The Morgan fingerprint density at radius 3 is 2.78 bits per heavy atom. The van der Waals surface area contributed by atoms with Crippen LogP contribution in [0.25, 0.3) is 0 Å². The predicted molar refractivity (Wildman–Crippen MR) is 72.9 cm³/mol. The molecule has 2 rings (SSSR count). The molecule has 0 amide bonds. The molecule has 2 aromatic rings. The van der Waals surface area contributed by atoms with Gasteiger partial charge in [-0.2, -0.15) is 0 Å². The first kappa shape index (κ1) is 13.1. The van der Waals surface area contributed by atoms with Crippen molar-refractivity contribution in [2.24, 2.45) is 0 Å². The van der Waals surface area contributed by atoms with E-state index in [1.165, 1.54) is 12.4 Å². The Bertz CT molecular complexity index is 580. The summed E-state index contributed by atoms with van der Waals surface area (Å²) >= 11 is 7.39. The van der Waals surface area contributed by atoms with Gasteiger partial charge in [-0.25, -0.2) is 0 Å². The highest BCUT2D eigenvalue weighted by molar-refractivity contribution is 7.12. The molecule has 0 spiro atoms. The number of hydrogen-bond acceptors (Lipinski definition) is 4. The average molecular weight is 282 g/mol. The second-order valence-corrected chi connectivity index (χ2v) is 5.77. The molecule has 94 valence electrons. The highest BCUT2D eigenvalue weighted by atomic mass is 35.5. The van der Waals surface area contributed by atoms with E-state index in [1.807, 2.05) is 19.9 Å². The quantitative estimate of drug-likeness (QED) is 0.803. The van der Waals surface area contributed by atoms with E-state index in [9.17, 15) is 4.79 Å². The van der Waals surface area contributed by atoms with Crippen LogP contribution in [0.4, 0.5) is 0 Å². The number of pyridine rings is 1. The number of halogens is 1. The van der Waals surface area contributed by atoms with Gasteiger partial charge in [0, 0.05) is 27.6 Å². The first-order valence-electron chi connectivity index (χ1n) is 5.40. The van der Waals surface area contributed by atoms with Crippen molar-refractivity contribution in [1.82, 2.24) is 4.98 Å². The van der Waals surface area contributed by atoms with Crippen LogP contribution in [-0.2, 0) is 0 Å². The molecule has 0 aliphatic heterocycles. The Morgan fingerprint density at radius 2 is 2.17 bits per heavy atom. The number of thiophene rings is 1. The highest BCUT2D eigenvalue weighted by Gasteiger charge is 2.12. The second-order valence-electron chi connectivity index (χ2n) is 3.88. The minimum atomic E-state index is -0.0307. The number of rotatable bonds is 4. The van der Waals surface area contributed by atoms with Crippen LogP contribution >= 0.6 is 22.9 Å². The lowest BCUT2D eigenvalue weighted by Gasteiger charge is -2.04. The largest absolute Gasteiger partial charge is 0.484 e. The Balaban J connectivity index is 2.03. The maximum atomic E-state index is 12.0. The van der Waals surface area contributed by atoms with Crippen molar-refractivity contribution in [1.29, 1.82) is 0 Å². The highest BCUT2D eigenvalue weighted by Crippen LogP contribution is 2.21. The molecule has 0 saturated heterocycles. The Hall–Kier alpha value is -1.39. The lowest BCUT2D eigenvalue weighted by Crippen LogP contribution is -2.11. The molecule has 18 heavy (non-hydrogen) atoms. The zero-order chi connectivity index (χ0) is 13.1. The lowest BCUT2D eigenvalue weighted by atomic mass is 10.2. The van der Waals surface area contributed by atoms with Crippen LogP contribution < -0.4 is 4.74 Å². The molecule has 0 saturated carbocycles. The van der Waals surface area contributed by atoms with Crippen molar-refractivity contribution >= 4 is 28.7 Å². The van der Waals surface area contributed by atoms with E-state index in [1.54, 1.807) is 17.4 Å². The number of carbonyl (C=O) groups is 1. The van der Waals surface area contributed by atoms with Crippen molar-refractivity contribution in [2.75, 3.05) is 6.61 Å². The van der Waals surface area contributed by atoms with E-state index in [2.05, 4.69) is 4.98 Å². The SMILES string of the molecule is Cc1cc(C(=O)COc2cncc(Cl)c2)c(C)s1. The fourth-order valence-electron chi connectivity index (χ4n) is 1.61. The molecule has 2 aromatic heterocycles. The number of ketones is 1. The van der Waals surface area contributed by atoms with Gasteiger partial charge < -0.3 is 4.74 Å². The predicted octanol–water partition coefficient (Wildman–Crippen LogP) is 3.68. The molecule has 0 atom stereocenters. The first-order chi connectivity index (χ1) is 8.56. The van der Waals surface area contributed by atoms with Gasteiger partial charge in [0.05, 0.1) is 11.2 Å². The maximum absolute atomic E-state index is 12.0. The fourth-order valence-corrected chi connectivity index (χ4v) is 2.71. The van der Waals surface area contributed by atoms with Crippen LogP contribution in [0.15, 0.2) is 24.5 Å². The molecule has 0 radical (unpaired) electrons. The van der Waals surface area contributed by atoms with Crippen LogP contribution in [0, 0.1) is 13.8 Å². The summed E-state index contributed by atoms with van der Waals surface area (Å²) in [6.45, 7) is 3.92. The van der Waals surface area contributed by atoms with Crippen molar-refractivity contribution in [3.63, 3.8) is 0 Å². The zero-order valence-corrected chi connectivity index (χ0v) is 11.6. The third kappa shape index (κ3) is 3.09. The van der Waals surface area contributed by atoms with Gasteiger partial charge in [0.1, 0.15) is 5.75 Å². The molecular weight excluding hydrogens is 270 g/mol. The molecule has 0 unspecified atom stereocenters. The van der Waals surface area contributed by atoms with Crippen LogP contribution in [0.1, 0.15) is 20.1 Å². The molecule has 3 nitrogen and oxygen atoms in total. The number of hydrogen-bond donors (Lipinski definition) is 0. The molecule has 0 aliphatic carbocycles. The van der Waals surface area contributed by atoms with Crippen LogP contribution in [0.3, 0.4) is 0 Å². The summed E-state index contributed by atoms with van der Waals surface area (Å²) in [5.74, 6) is 0.470. The molecule has 0 N–H and O–H groups in total. The number of aryl methyl sites for hydroxylation is 2. The summed E-state index contributed by atoms with van der Waals surface area (Å²) in [7, 11) is 0. The number of Topliss-reactive ketones (excluding diaryl/α,β-unsaturated/α-hetero) is 1. The topological polar surface area (TPSA) is 39.2 Å². The van der Waals surface area contributed by atoms with E-state index >= 15 is 0 Å². The number of aromatic nitrogens is 1. The van der Waals surface area contributed by atoms with Crippen molar-refractivity contribution in [3.05, 3.63) is 44.9 Å². The summed E-state index contributed by atoms with van der Waals surface area (Å²) in [5.41, 5.74) is 0.729. The van der Waals surface area contributed by atoms with Gasteiger partial charge in [0.2, 0.25) is 5.78 Å². The number of carbonyl (C=O) groups excluding carboxylic acids is 1. The van der Waals surface area contributed by atoms with Crippen molar-refractivity contribution in [2.45, 2.75) is 13.8 Å². The normalized spacial score (nSPS) is 10.4. The summed E-state index contributed by atoms with van der Waals surface area (Å²) in [5, 5.41) is 0.488. The molecule has 0 aliphatic rings. The molecule has 0 bridgehead atoms. The van der Waals surface area contributed by atoms with Crippen molar-refractivity contribution in [3.8, 4) is 5.75 Å². The maximum Gasteiger partial charge on any atom is 0.201 e. The van der Waals surface area contributed by atoms with Crippen LogP contribution in [-0.4, -0.2) is 17.4 Å². The van der Waals surface area contributed by atoms with E-state index < -0.39 is 0 Å². The van der Waals surface area contributed by atoms with Gasteiger partial charge in [-0.15, -0.1) is 11.3 Å².